The van der Waals surface area contributed by atoms with Crippen LogP contribution in [0.25, 0.3) is 0 Å². The lowest BCUT2D eigenvalue weighted by atomic mass is 9.86. The third-order valence-electron chi connectivity index (χ3n) is 7.99. The van der Waals surface area contributed by atoms with Gasteiger partial charge in [-0.3, -0.25) is 9.69 Å². The van der Waals surface area contributed by atoms with Gasteiger partial charge in [-0.2, -0.15) is 0 Å². The van der Waals surface area contributed by atoms with Crippen LogP contribution in [0.4, 0.5) is 21.7 Å². The number of hydrogen-bond acceptors (Lipinski definition) is 8. The molecule has 0 spiro atoms. The fraction of sp³-hybridized carbons (Fsp3) is 0.519. The van der Waals surface area contributed by atoms with Gasteiger partial charge in [0.05, 0.1) is 31.0 Å². The molecule has 9 nitrogen and oxygen atoms in total. The highest BCUT2D eigenvalue weighted by molar-refractivity contribution is 5.87. The van der Waals surface area contributed by atoms with Crippen molar-refractivity contribution in [1.82, 2.24) is 19.8 Å². The van der Waals surface area contributed by atoms with E-state index in [0.717, 1.165) is 60.4 Å². The molecule has 4 aliphatic rings. The van der Waals surface area contributed by atoms with Crippen molar-refractivity contribution in [1.29, 1.82) is 0 Å². The van der Waals surface area contributed by atoms with Crippen molar-refractivity contribution in [2.45, 2.75) is 38.1 Å². The van der Waals surface area contributed by atoms with Crippen LogP contribution in [0.3, 0.4) is 0 Å². The second-order valence-corrected chi connectivity index (χ2v) is 10.3. The molecule has 1 aromatic heterocycles. The SMILES string of the molecule is C=CC(=O)N1CCC(N2CC(c3cc(C)c4c(c3)Nc3ncnc(N5CCOCC5)c3CO4)C2)C(F)C1. The molecule has 4 aliphatic heterocycles. The van der Waals surface area contributed by atoms with Crippen LogP contribution in [-0.2, 0) is 16.1 Å². The van der Waals surface area contributed by atoms with E-state index in [1.807, 2.05) is 0 Å². The number of carbonyl (C=O) groups excluding carboxylic acids is 1. The minimum Gasteiger partial charge on any atom is -0.486 e. The van der Waals surface area contributed by atoms with Gasteiger partial charge in [0.2, 0.25) is 5.91 Å². The Morgan fingerprint density at radius 3 is 2.76 bits per heavy atom. The number of morpholine rings is 1. The Morgan fingerprint density at radius 2 is 2.00 bits per heavy atom. The second-order valence-electron chi connectivity index (χ2n) is 10.3. The van der Waals surface area contributed by atoms with Gasteiger partial charge < -0.3 is 24.6 Å². The van der Waals surface area contributed by atoms with Crippen molar-refractivity contribution in [3.05, 3.63) is 47.8 Å². The summed E-state index contributed by atoms with van der Waals surface area (Å²) >= 11 is 0. The second kappa shape index (κ2) is 9.90. The first-order chi connectivity index (χ1) is 18.0. The summed E-state index contributed by atoms with van der Waals surface area (Å²) in [5, 5.41) is 3.52. The largest absolute Gasteiger partial charge is 0.486 e. The minimum atomic E-state index is -1.04. The number of carbonyl (C=O) groups is 1. The monoisotopic (exact) mass is 508 g/mol. The van der Waals surface area contributed by atoms with E-state index in [-0.39, 0.29) is 18.5 Å². The van der Waals surface area contributed by atoms with Gasteiger partial charge in [0, 0.05) is 44.7 Å². The summed E-state index contributed by atoms with van der Waals surface area (Å²) in [6.45, 7) is 11.3. The number of nitrogens with one attached hydrogen (secondary N) is 1. The number of anilines is 3. The molecule has 5 heterocycles. The zero-order valence-corrected chi connectivity index (χ0v) is 21.2. The van der Waals surface area contributed by atoms with E-state index >= 15 is 0 Å². The number of amides is 1. The lowest BCUT2D eigenvalue weighted by molar-refractivity contribution is -0.130. The molecule has 0 saturated carbocycles. The van der Waals surface area contributed by atoms with Crippen LogP contribution in [0.15, 0.2) is 31.1 Å². The molecule has 0 radical (unpaired) electrons. The maximum Gasteiger partial charge on any atom is 0.246 e. The summed E-state index contributed by atoms with van der Waals surface area (Å²) in [6, 6.07) is 4.19. The Morgan fingerprint density at radius 1 is 1.19 bits per heavy atom. The van der Waals surface area contributed by atoms with Crippen molar-refractivity contribution in [3.8, 4) is 5.75 Å². The van der Waals surface area contributed by atoms with Gasteiger partial charge in [-0.05, 0) is 36.6 Å². The summed E-state index contributed by atoms with van der Waals surface area (Å²) < 4.78 is 26.7. The maximum absolute atomic E-state index is 14.9. The Kier molecular flexibility index (Phi) is 6.46. The number of ether oxygens (including phenoxy) is 2. The van der Waals surface area contributed by atoms with Gasteiger partial charge in [-0.15, -0.1) is 0 Å². The van der Waals surface area contributed by atoms with E-state index in [1.54, 1.807) is 11.2 Å². The molecule has 10 heteroatoms. The normalized spacial score (nSPS) is 24.2. The highest BCUT2D eigenvalue weighted by Gasteiger charge is 2.41. The maximum atomic E-state index is 14.9. The predicted molar refractivity (Wildman–Crippen MR) is 138 cm³/mol. The van der Waals surface area contributed by atoms with Gasteiger partial charge >= 0.3 is 0 Å². The van der Waals surface area contributed by atoms with E-state index in [4.69, 9.17) is 9.47 Å². The third kappa shape index (κ3) is 4.53. The number of rotatable bonds is 4. The summed E-state index contributed by atoms with van der Waals surface area (Å²) in [6.07, 6.45) is 2.47. The molecule has 0 bridgehead atoms. The van der Waals surface area contributed by atoms with Crippen LogP contribution in [-0.4, -0.2) is 90.4 Å². The summed E-state index contributed by atoms with van der Waals surface area (Å²) in [4.78, 5) is 26.9. The van der Waals surface area contributed by atoms with E-state index in [9.17, 15) is 9.18 Å². The molecular weight excluding hydrogens is 475 g/mol. The molecular formula is C27H33FN6O3. The Hall–Kier alpha value is -3.24. The standard InChI is InChI=1S/C27H33FN6O3/c1-3-24(35)33-5-4-23(21(28)14-33)34-12-19(13-34)18-10-17(2)25-22(11-18)31-26-20(15-37-25)27(30-16-29-26)32-6-8-36-9-7-32/h3,10-11,16,19,21,23H,1,4-9,12-15H2,2H3,(H,29,30,31). The fourth-order valence-electron chi connectivity index (χ4n) is 5.91. The molecule has 3 fully saturated rings. The first-order valence-electron chi connectivity index (χ1n) is 13.0. The molecule has 3 saturated heterocycles. The smallest absolute Gasteiger partial charge is 0.246 e. The molecule has 196 valence electrons. The Bertz CT molecular complexity index is 1200. The van der Waals surface area contributed by atoms with Gasteiger partial charge in [0.1, 0.15) is 36.5 Å². The zero-order valence-electron chi connectivity index (χ0n) is 21.2. The lowest BCUT2D eigenvalue weighted by Gasteiger charge is -2.48. The van der Waals surface area contributed by atoms with Gasteiger partial charge in [-0.1, -0.05) is 12.6 Å². The average molecular weight is 509 g/mol. The predicted octanol–water partition coefficient (Wildman–Crippen LogP) is 2.78. The number of nitrogens with zero attached hydrogens (tertiary/aromatic N) is 5. The van der Waals surface area contributed by atoms with Crippen LogP contribution >= 0.6 is 0 Å². The quantitative estimate of drug-likeness (QED) is 0.632. The number of piperidine rings is 1. The molecule has 1 N–H and O–H groups in total. The minimum absolute atomic E-state index is 0.142. The number of hydrogen-bond donors (Lipinski definition) is 1. The average Bonchev–Trinajstić information content (AvgIpc) is 3.08. The molecule has 37 heavy (non-hydrogen) atoms. The summed E-state index contributed by atoms with van der Waals surface area (Å²) in [7, 11) is 0. The number of aryl methyl sites for hydroxylation is 1. The van der Waals surface area contributed by atoms with Gasteiger partial charge in [-0.25, -0.2) is 14.4 Å². The molecule has 2 atom stereocenters. The molecule has 2 aromatic rings. The van der Waals surface area contributed by atoms with Crippen molar-refractivity contribution < 1.29 is 18.7 Å². The molecule has 1 amide bonds. The Labute approximate surface area is 216 Å². The number of halogens is 1. The lowest BCUT2D eigenvalue weighted by Crippen LogP contribution is -2.59. The van der Waals surface area contributed by atoms with Crippen LogP contribution in [0.2, 0.25) is 0 Å². The van der Waals surface area contributed by atoms with E-state index in [2.05, 4.69) is 50.7 Å². The fourth-order valence-corrected chi connectivity index (χ4v) is 5.91. The van der Waals surface area contributed by atoms with E-state index in [1.165, 1.54) is 11.6 Å². The van der Waals surface area contributed by atoms with Crippen molar-refractivity contribution in [2.24, 2.45) is 0 Å². The number of alkyl halides is 1. The van der Waals surface area contributed by atoms with Crippen molar-refractivity contribution in [2.75, 3.05) is 62.7 Å². The topological polar surface area (TPSA) is 83.1 Å². The molecule has 1 aromatic carbocycles. The number of likely N-dealkylation sites (tertiary alicyclic amines) is 2. The van der Waals surface area contributed by atoms with Crippen LogP contribution in [0, 0.1) is 6.92 Å². The third-order valence-corrected chi connectivity index (χ3v) is 7.99. The van der Waals surface area contributed by atoms with Crippen molar-refractivity contribution in [3.63, 3.8) is 0 Å². The van der Waals surface area contributed by atoms with Gasteiger partial charge in [0.25, 0.3) is 0 Å². The summed E-state index contributed by atoms with van der Waals surface area (Å²) in [5.41, 5.74) is 4.13. The molecule has 6 rings (SSSR count). The zero-order chi connectivity index (χ0) is 25.5. The van der Waals surface area contributed by atoms with E-state index < -0.39 is 6.17 Å². The number of fused-ring (bicyclic) bond motifs is 2. The number of aromatic nitrogens is 2. The van der Waals surface area contributed by atoms with Crippen molar-refractivity contribution >= 4 is 23.2 Å². The highest BCUT2D eigenvalue weighted by atomic mass is 19.1. The molecule has 0 aliphatic carbocycles. The van der Waals surface area contributed by atoms with Crippen LogP contribution in [0.5, 0.6) is 5.75 Å². The van der Waals surface area contributed by atoms with E-state index in [0.29, 0.717) is 38.7 Å². The number of benzene rings is 1. The first-order valence-corrected chi connectivity index (χ1v) is 13.0. The van der Waals surface area contributed by atoms with Crippen LogP contribution < -0.4 is 15.0 Å². The summed E-state index contributed by atoms with van der Waals surface area (Å²) in [5.74, 6) is 2.62. The highest BCUT2D eigenvalue weighted by Crippen LogP contribution is 2.42. The molecule has 2 unspecified atom stereocenters. The Balaban J connectivity index is 1.16. The van der Waals surface area contributed by atoms with Crippen LogP contribution in [0.1, 0.15) is 29.0 Å². The van der Waals surface area contributed by atoms with Gasteiger partial charge in [0.15, 0.2) is 0 Å². The first kappa shape index (κ1) is 24.1.